The lowest BCUT2D eigenvalue weighted by Crippen LogP contribution is -2.36. The van der Waals surface area contributed by atoms with Crippen molar-refractivity contribution < 1.29 is 9.21 Å². The summed E-state index contributed by atoms with van der Waals surface area (Å²) in [6, 6.07) is 16.0. The Balaban J connectivity index is 1.44. The van der Waals surface area contributed by atoms with E-state index in [-0.39, 0.29) is 11.9 Å². The number of benzene rings is 1. The predicted octanol–water partition coefficient (Wildman–Crippen LogP) is 4.25. The summed E-state index contributed by atoms with van der Waals surface area (Å²) in [5.41, 5.74) is 4.11. The van der Waals surface area contributed by atoms with Gasteiger partial charge in [0.15, 0.2) is 0 Å². The molecule has 0 aliphatic carbocycles. The van der Waals surface area contributed by atoms with Crippen LogP contribution in [0.4, 0.5) is 0 Å². The highest BCUT2D eigenvalue weighted by Gasteiger charge is 2.26. The van der Waals surface area contributed by atoms with Crippen LogP contribution >= 0.6 is 0 Å². The Bertz CT molecular complexity index is 900. The molecule has 0 spiro atoms. The van der Waals surface area contributed by atoms with Crippen molar-refractivity contribution in [2.45, 2.75) is 32.7 Å². The van der Waals surface area contributed by atoms with Crippen molar-refractivity contribution in [3.8, 4) is 5.69 Å². The van der Waals surface area contributed by atoms with E-state index in [9.17, 15) is 4.79 Å². The monoisotopic (exact) mass is 377 g/mol. The maximum absolute atomic E-state index is 12.7. The highest BCUT2D eigenvalue weighted by atomic mass is 16.3. The molecule has 0 bridgehead atoms. The van der Waals surface area contributed by atoms with Crippen molar-refractivity contribution in [1.29, 1.82) is 0 Å². The summed E-state index contributed by atoms with van der Waals surface area (Å²) in [6.45, 7) is 6.81. The highest BCUT2D eigenvalue weighted by Crippen LogP contribution is 2.25. The van der Waals surface area contributed by atoms with E-state index in [1.807, 2.05) is 36.4 Å². The minimum absolute atomic E-state index is 0.0525. The van der Waals surface area contributed by atoms with E-state index in [1.54, 1.807) is 6.26 Å². The summed E-state index contributed by atoms with van der Waals surface area (Å²) in [7, 11) is 0. The molecule has 146 valence electrons. The van der Waals surface area contributed by atoms with Crippen LogP contribution in [0.15, 0.2) is 59.2 Å². The van der Waals surface area contributed by atoms with Crippen molar-refractivity contribution in [2.75, 3.05) is 19.6 Å². The largest absolute Gasteiger partial charge is 0.468 e. The zero-order chi connectivity index (χ0) is 19.5. The van der Waals surface area contributed by atoms with E-state index in [0.29, 0.717) is 12.1 Å². The first-order chi connectivity index (χ1) is 13.6. The number of carbonyl (C=O) groups excluding carboxylic acids is 1. The van der Waals surface area contributed by atoms with Crippen molar-refractivity contribution in [2.24, 2.45) is 0 Å². The molecule has 1 atom stereocenters. The molecule has 1 aliphatic rings. The second-order valence-electron chi connectivity index (χ2n) is 7.48. The van der Waals surface area contributed by atoms with Gasteiger partial charge in [0.2, 0.25) is 0 Å². The van der Waals surface area contributed by atoms with Crippen molar-refractivity contribution in [1.82, 2.24) is 14.8 Å². The third-order valence-corrected chi connectivity index (χ3v) is 5.57. The number of furan rings is 1. The van der Waals surface area contributed by atoms with Crippen LogP contribution < -0.4 is 5.32 Å². The minimum Gasteiger partial charge on any atom is -0.468 e. The number of rotatable bonds is 6. The van der Waals surface area contributed by atoms with Crippen LogP contribution in [0, 0.1) is 13.8 Å². The number of nitrogens with zero attached hydrogens (tertiary/aromatic N) is 2. The first kappa shape index (κ1) is 18.6. The summed E-state index contributed by atoms with van der Waals surface area (Å²) in [5.74, 6) is 0.861. The van der Waals surface area contributed by atoms with Crippen LogP contribution in [0.5, 0.6) is 0 Å². The Hall–Kier alpha value is -2.79. The number of amides is 1. The van der Waals surface area contributed by atoms with Gasteiger partial charge in [-0.15, -0.1) is 0 Å². The molecule has 5 nitrogen and oxygen atoms in total. The second kappa shape index (κ2) is 8.07. The standard InChI is InChI=1S/C23H27N3O2/c1-17-7-8-18(2)26(17)20-11-9-19(10-12-20)23(27)24-16-21(22-6-5-15-28-22)25-13-3-4-14-25/h5-12,15,21H,3-4,13-14,16H2,1-2H3,(H,24,27). The first-order valence-electron chi connectivity index (χ1n) is 9.94. The number of nitrogens with one attached hydrogen (secondary N) is 1. The fraction of sp³-hybridized carbons (Fsp3) is 0.348. The van der Waals surface area contributed by atoms with Gasteiger partial charge in [-0.3, -0.25) is 9.69 Å². The van der Waals surface area contributed by atoms with E-state index < -0.39 is 0 Å². The van der Waals surface area contributed by atoms with E-state index in [4.69, 9.17) is 4.42 Å². The lowest BCUT2D eigenvalue weighted by Gasteiger charge is -2.26. The quantitative estimate of drug-likeness (QED) is 0.698. The molecule has 1 aromatic carbocycles. The summed E-state index contributed by atoms with van der Waals surface area (Å²) in [4.78, 5) is 15.1. The SMILES string of the molecule is Cc1ccc(C)n1-c1ccc(C(=O)NCC(c2ccco2)N2CCCC2)cc1. The van der Waals surface area contributed by atoms with Crippen LogP contribution in [0.1, 0.15) is 46.4 Å². The molecule has 4 rings (SSSR count). The fourth-order valence-corrected chi connectivity index (χ4v) is 4.07. The van der Waals surface area contributed by atoms with Gasteiger partial charge in [0.05, 0.1) is 12.3 Å². The molecule has 28 heavy (non-hydrogen) atoms. The summed E-state index contributed by atoms with van der Waals surface area (Å²) < 4.78 is 7.81. The topological polar surface area (TPSA) is 50.4 Å². The lowest BCUT2D eigenvalue weighted by molar-refractivity contribution is 0.0934. The zero-order valence-electron chi connectivity index (χ0n) is 16.5. The second-order valence-corrected chi connectivity index (χ2v) is 7.48. The molecular weight excluding hydrogens is 350 g/mol. The summed E-state index contributed by atoms with van der Waals surface area (Å²) in [5, 5.41) is 3.09. The number of likely N-dealkylation sites (tertiary alicyclic amines) is 1. The van der Waals surface area contributed by atoms with Crippen molar-refractivity contribution in [3.05, 3.63) is 77.5 Å². The predicted molar refractivity (Wildman–Crippen MR) is 110 cm³/mol. The summed E-state index contributed by atoms with van der Waals surface area (Å²) >= 11 is 0. The molecule has 0 radical (unpaired) electrons. The Kier molecular flexibility index (Phi) is 5.35. The van der Waals surface area contributed by atoms with Crippen LogP contribution in [-0.4, -0.2) is 35.0 Å². The molecule has 0 saturated carbocycles. The first-order valence-corrected chi connectivity index (χ1v) is 9.94. The molecule has 1 saturated heterocycles. The average Bonchev–Trinajstić information content (AvgIpc) is 3.46. The van der Waals surface area contributed by atoms with E-state index in [0.717, 1.165) is 24.5 Å². The molecule has 1 fully saturated rings. The van der Waals surface area contributed by atoms with Crippen LogP contribution in [0.3, 0.4) is 0 Å². The van der Waals surface area contributed by atoms with Gasteiger partial charge in [0.25, 0.3) is 5.91 Å². The molecule has 3 heterocycles. The summed E-state index contributed by atoms with van der Waals surface area (Å²) in [6.07, 6.45) is 4.10. The zero-order valence-corrected chi connectivity index (χ0v) is 16.5. The molecule has 1 unspecified atom stereocenters. The molecule has 2 aromatic heterocycles. The van der Waals surface area contributed by atoms with E-state index in [1.165, 1.54) is 24.2 Å². The maximum atomic E-state index is 12.7. The average molecular weight is 377 g/mol. The van der Waals surface area contributed by atoms with Gasteiger partial charge in [-0.25, -0.2) is 0 Å². The molecule has 1 N–H and O–H groups in total. The molecular formula is C23H27N3O2. The van der Waals surface area contributed by atoms with Gasteiger partial charge in [-0.05, 0) is 88.3 Å². The van der Waals surface area contributed by atoms with Gasteiger partial charge in [-0.2, -0.15) is 0 Å². The third-order valence-electron chi connectivity index (χ3n) is 5.57. The smallest absolute Gasteiger partial charge is 0.251 e. The van der Waals surface area contributed by atoms with Crippen LogP contribution in [0.2, 0.25) is 0 Å². The number of carbonyl (C=O) groups is 1. The third kappa shape index (κ3) is 3.76. The lowest BCUT2D eigenvalue weighted by atomic mass is 10.1. The number of hydrogen-bond acceptors (Lipinski definition) is 3. The molecule has 5 heteroatoms. The number of hydrogen-bond donors (Lipinski definition) is 1. The van der Waals surface area contributed by atoms with Crippen molar-refractivity contribution in [3.63, 3.8) is 0 Å². The van der Waals surface area contributed by atoms with Gasteiger partial charge < -0.3 is 14.3 Å². The van der Waals surface area contributed by atoms with Crippen LogP contribution in [-0.2, 0) is 0 Å². The molecule has 3 aromatic rings. The minimum atomic E-state index is -0.0525. The number of aromatic nitrogens is 1. The molecule has 1 amide bonds. The number of aryl methyl sites for hydroxylation is 2. The van der Waals surface area contributed by atoms with Gasteiger partial charge in [0, 0.05) is 29.2 Å². The Morgan fingerprint density at radius 2 is 1.71 bits per heavy atom. The van der Waals surface area contributed by atoms with Crippen LogP contribution in [0.25, 0.3) is 5.69 Å². The van der Waals surface area contributed by atoms with Gasteiger partial charge in [0.1, 0.15) is 5.76 Å². The van der Waals surface area contributed by atoms with Gasteiger partial charge >= 0.3 is 0 Å². The highest BCUT2D eigenvalue weighted by molar-refractivity contribution is 5.94. The van der Waals surface area contributed by atoms with E-state index in [2.05, 4.69) is 40.8 Å². The van der Waals surface area contributed by atoms with Crippen molar-refractivity contribution >= 4 is 5.91 Å². The van der Waals surface area contributed by atoms with Gasteiger partial charge in [-0.1, -0.05) is 0 Å². The normalized spacial score (nSPS) is 15.6. The molecule has 1 aliphatic heterocycles. The maximum Gasteiger partial charge on any atom is 0.251 e. The Labute approximate surface area is 166 Å². The fourth-order valence-electron chi connectivity index (χ4n) is 4.07. The van der Waals surface area contributed by atoms with E-state index >= 15 is 0 Å². The Morgan fingerprint density at radius 1 is 1.04 bits per heavy atom. The Morgan fingerprint density at radius 3 is 2.32 bits per heavy atom.